The average Bonchev–Trinajstić information content (AvgIpc) is 3.41. The molecule has 0 spiro atoms. The van der Waals surface area contributed by atoms with Crippen LogP contribution in [0.25, 0.3) is 28.2 Å². The maximum Gasteiger partial charge on any atom is 0.250 e. The fraction of sp³-hybridized carbons (Fsp3) is 0.370. The molecule has 12 heteroatoms. The zero-order valence-electron chi connectivity index (χ0n) is 21.4. The van der Waals surface area contributed by atoms with Crippen molar-refractivity contribution < 1.29 is 38.0 Å². The van der Waals surface area contributed by atoms with Gasteiger partial charge in [0.05, 0.1) is 0 Å². The summed E-state index contributed by atoms with van der Waals surface area (Å²) in [4.78, 5) is 1.60. The highest BCUT2D eigenvalue weighted by atomic mass is 32.2. The van der Waals surface area contributed by atoms with Crippen LogP contribution < -0.4 is 9.62 Å². The van der Waals surface area contributed by atoms with Crippen molar-refractivity contribution in [3.8, 4) is 17.4 Å². The molecule has 0 saturated carbocycles. The first-order chi connectivity index (χ1) is 18.6. The predicted octanol–water partition coefficient (Wildman–Crippen LogP) is 1.53. The molecule has 1 saturated heterocycles. The average molecular weight is 558 g/mol. The number of benzene rings is 2. The lowest BCUT2D eigenvalue weighted by atomic mass is 9.99. The van der Waals surface area contributed by atoms with Crippen LogP contribution in [0.1, 0.15) is 19.6 Å². The summed E-state index contributed by atoms with van der Waals surface area (Å²) in [6.07, 6.45) is -7.27. The lowest BCUT2D eigenvalue weighted by molar-refractivity contribution is -0.279. The minimum Gasteiger partial charge on any atom is -0.457 e. The number of nitriles is 1. The summed E-state index contributed by atoms with van der Waals surface area (Å²) in [6.45, 7) is 5.46. The number of anilines is 1. The third kappa shape index (κ3) is 6.15. The second kappa shape index (κ2) is 11.8. The van der Waals surface area contributed by atoms with Gasteiger partial charge in [-0.1, -0.05) is 18.2 Å². The maximum absolute atomic E-state index is 12.7. The van der Waals surface area contributed by atoms with Crippen LogP contribution in [0.4, 0.5) is 5.69 Å². The van der Waals surface area contributed by atoms with Crippen molar-refractivity contribution in [3.63, 3.8) is 0 Å². The Morgan fingerprint density at radius 2 is 1.69 bits per heavy atom. The fourth-order valence-electron chi connectivity index (χ4n) is 4.43. The highest BCUT2D eigenvalue weighted by molar-refractivity contribution is 7.93. The molecule has 3 aromatic rings. The quantitative estimate of drug-likeness (QED) is 0.243. The van der Waals surface area contributed by atoms with Crippen LogP contribution in [0.2, 0.25) is 0 Å². The van der Waals surface area contributed by atoms with Crippen LogP contribution in [-0.2, 0) is 14.8 Å². The monoisotopic (exact) mass is 557 g/mol. The summed E-state index contributed by atoms with van der Waals surface area (Å²) >= 11 is 0. The van der Waals surface area contributed by atoms with E-state index in [9.17, 15) is 34.1 Å². The van der Waals surface area contributed by atoms with Gasteiger partial charge in [0.25, 0.3) is 10.0 Å². The van der Waals surface area contributed by atoms with Gasteiger partial charge in [0, 0.05) is 37.0 Å². The van der Waals surface area contributed by atoms with E-state index < -0.39 is 52.2 Å². The number of aliphatic hydroxyl groups is 4. The molecule has 2 aromatic carbocycles. The van der Waals surface area contributed by atoms with Gasteiger partial charge in [0.1, 0.15) is 42.0 Å². The van der Waals surface area contributed by atoms with E-state index in [-0.39, 0.29) is 5.76 Å². The highest BCUT2D eigenvalue weighted by Crippen LogP contribution is 2.29. The molecule has 39 heavy (non-hydrogen) atoms. The van der Waals surface area contributed by atoms with Crippen molar-refractivity contribution in [2.75, 3.05) is 24.5 Å². The molecular weight excluding hydrogens is 526 g/mol. The zero-order chi connectivity index (χ0) is 28.3. The zero-order valence-corrected chi connectivity index (χ0v) is 22.2. The summed E-state index contributed by atoms with van der Waals surface area (Å²) in [5.74, 6) is 0.616. The first kappa shape index (κ1) is 28.7. The molecular formula is C27H31N3O8S. The topological polar surface area (TPSA) is 176 Å². The van der Waals surface area contributed by atoms with Crippen LogP contribution in [-0.4, -0.2) is 79.2 Å². The third-order valence-corrected chi connectivity index (χ3v) is 8.03. The van der Waals surface area contributed by atoms with Gasteiger partial charge in [0.2, 0.25) is 0 Å². The number of furan rings is 1. The standard InChI is InChI=1S/C27H31N3O8S/c1-3-30(4-2)19-8-7-16-11-18(6-5-17(16)12-19)22-10-9-20(37-22)13-21(14-28)39(35,36)29-15-23-24(31)25(32)26(33)27(34)38-23/h5-13,23-27,29,31-34H,3-4,15H2,1-2H3/b21-13+/t23-,24-,25+,26-,27?/m1/s1. The number of fused-ring (bicyclic) bond motifs is 1. The van der Waals surface area contributed by atoms with E-state index in [0.717, 1.165) is 41.2 Å². The SMILES string of the molecule is CCN(CC)c1ccc2cc(-c3ccc(/C=C(\C#N)S(=O)(=O)NC[C@H]4OC(O)[C@H](O)[C@@H](O)[C@@H]4O)o3)ccc2c1. The van der Waals surface area contributed by atoms with E-state index in [4.69, 9.17) is 9.15 Å². The Kier molecular flexibility index (Phi) is 8.73. The second-order valence-electron chi connectivity index (χ2n) is 9.13. The summed E-state index contributed by atoms with van der Waals surface area (Å²) in [6, 6.07) is 16.9. The van der Waals surface area contributed by atoms with Gasteiger partial charge >= 0.3 is 0 Å². The van der Waals surface area contributed by atoms with Gasteiger partial charge < -0.3 is 34.5 Å². The van der Waals surface area contributed by atoms with E-state index in [2.05, 4.69) is 35.6 Å². The molecule has 1 fully saturated rings. The van der Waals surface area contributed by atoms with E-state index in [1.165, 1.54) is 6.07 Å². The molecule has 2 heterocycles. The Hall–Kier alpha value is -3.28. The van der Waals surface area contributed by atoms with Crippen LogP contribution in [0.5, 0.6) is 0 Å². The van der Waals surface area contributed by atoms with E-state index in [1.54, 1.807) is 12.1 Å². The number of hydrogen-bond acceptors (Lipinski definition) is 10. The van der Waals surface area contributed by atoms with Gasteiger partial charge in [0.15, 0.2) is 11.2 Å². The first-order valence-corrected chi connectivity index (χ1v) is 13.9. The van der Waals surface area contributed by atoms with Gasteiger partial charge in [-0.15, -0.1) is 0 Å². The van der Waals surface area contributed by atoms with Gasteiger partial charge in [-0.3, -0.25) is 0 Å². The largest absolute Gasteiger partial charge is 0.457 e. The van der Waals surface area contributed by atoms with Crippen LogP contribution >= 0.6 is 0 Å². The molecule has 4 rings (SSSR count). The smallest absolute Gasteiger partial charge is 0.250 e. The highest BCUT2D eigenvalue weighted by Gasteiger charge is 2.43. The van der Waals surface area contributed by atoms with Crippen molar-refractivity contribution >= 4 is 32.6 Å². The maximum atomic E-state index is 12.7. The molecule has 208 valence electrons. The number of rotatable bonds is 9. The number of allylic oxidation sites excluding steroid dienone is 1. The van der Waals surface area contributed by atoms with E-state index in [1.807, 2.05) is 24.3 Å². The second-order valence-corrected chi connectivity index (χ2v) is 10.9. The minimum atomic E-state index is -4.37. The molecule has 0 aliphatic carbocycles. The van der Waals surface area contributed by atoms with Crippen LogP contribution in [0.15, 0.2) is 57.9 Å². The Bertz CT molecular complexity index is 1490. The minimum absolute atomic E-state index is 0.131. The Labute approximate surface area is 226 Å². The molecule has 0 radical (unpaired) electrons. The summed E-state index contributed by atoms with van der Waals surface area (Å²) < 4.78 is 38.3. The van der Waals surface area contributed by atoms with Crippen molar-refractivity contribution in [2.45, 2.75) is 44.6 Å². The molecule has 1 aliphatic heterocycles. The number of nitrogens with one attached hydrogen (secondary N) is 1. The molecule has 1 aliphatic rings. The molecule has 5 N–H and O–H groups in total. The number of aliphatic hydroxyl groups excluding tert-OH is 4. The summed E-state index contributed by atoms with van der Waals surface area (Å²) in [5, 5.41) is 50.5. The van der Waals surface area contributed by atoms with Crippen molar-refractivity contribution in [1.82, 2.24) is 4.72 Å². The summed E-state index contributed by atoms with van der Waals surface area (Å²) in [5.41, 5.74) is 1.92. The fourth-order valence-corrected chi connectivity index (χ4v) is 5.36. The van der Waals surface area contributed by atoms with Crippen molar-refractivity contribution in [1.29, 1.82) is 5.26 Å². The van der Waals surface area contributed by atoms with Gasteiger partial charge in [-0.05, 0) is 55.0 Å². The normalized spacial score (nSPS) is 24.0. The van der Waals surface area contributed by atoms with E-state index >= 15 is 0 Å². The van der Waals surface area contributed by atoms with Crippen molar-refractivity contribution in [2.24, 2.45) is 0 Å². The molecule has 1 aromatic heterocycles. The number of nitrogens with zero attached hydrogens (tertiary/aromatic N) is 2. The molecule has 1 unspecified atom stereocenters. The number of sulfonamides is 1. The Balaban J connectivity index is 1.50. The first-order valence-electron chi connectivity index (χ1n) is 12.5. The predicted molar refractivity (Wildman–Crippen MR) is 145 cm³/mol. The molecule has 0 bridgehead atoms. The Morgan fingerprint density at radius 3 is 2.38 bits per heavy atom. The lowest BCUT2D eigenvalue weighted by Crippen LogP contribution is -2.59. The van der Waals surface area contributed by atoms with E-state index in [0.29, 0.717) is 5.76 Å². The van der Waals surface area contributed by atoms with Crippen molar-refractivity contribution in [3.05, 3.63) is 59.2 Å². The van der Waals surface area contributed by atoms with Gasteiger partial charge in [-0.25, -0.2) is 13.1 Å². The third-order valence-electron chi connectivity index (χ3n) is 6.70. The molecule has 0 amide bonds. The number of hydrogen-bond donors (Lipinski definition) is 5. The molecule has 11 nitrogen and oxygen atoms in total. The number of ether oxygens (including phenoxy) is 1. The summed E-state index contributed by atoms with van der Waals surface area (Å²) in [7, 11) is -4.37. The van der Waals surface area contributed by atoms with Crippen LogP contribution in [0, 0.1) is 11.3 Å². The van der Waals surface area contributed by atoms with Gasteiger partial charge in [-0.2, -0.15) is 5.26 Å². The Morgan fingerprint density at radius 1 is 1.00 bits per heavy atom. The van der Waals surface area contributed by atoms with Crippen LogP contribution in [0.3, 0.4) is 0 Å². The molecule has 5 atom stereocenters. The lowest BCUT2D eigenvalue weighted by Gasteiger charge is -2.38.